The lowest BCUT2D eigenvalue weighted by Crippen LogP contribution is -2.23. The quantitative estimate of drug-likeness (QED) is 0.778. The third kappa shape index (κ3) is 2.19. The Balaban J connectivity index is 1.97. The Bertz CT molecular complexity index is 838. The molecule has 0 aliphatic heterocycles. The first-order valence-corrected chi connectivity index (χ1v) is 6.68. The molecule has 1 amide bonds. The number of nitrogens with zero attached hydrogens (tertiary/aromatic N) is 3. The van der Waals surface area contributed by atoms with Gasteiger partial charge in [0.05, 0.1) is 6.20 Å². The van der Waals surface area contributed by atoms with Crippen molar-refractivity contribution in [3.63, 3.8) is 0 Å². The van der Waals surface area contributed by atoms with E-state index in [0.29, 0.717) is 10.5 Å². The molecule has 3 aromatic rings. The van der Waals surface area contributed by atoms with Gasteiger partial charge >= 0.3 is 0 Å². The minimum atomic E-state index is -0.386. The van der Waals surface area contributed by atoms with Crippen LogP contribution in [0.2, 0.25) is 0 Å². The number of aromatic nitrogens is 3. The Hall–Kier alpha value is -2.54. The Morgan fingerprint density at radius 3 is 2.80 bits per heavy atom. The van der Waals surface area contributed by atoms with Crippen molar-refractivity contribution in [2.24, 2.45) is 0 Å². The minimum Gasteiger partial charge on any atom is -0.316 e. The topological polar surface area (TPSA) is 76.4 Å². The predicted octanol–water partition coefficient (Wildman–Crippen LogP) is 1.71. The highest BCUT2D eigenvalue weighted by Gasteiger charge is 2.12. The summed E-state index contributed by atoms with van der Waals surface area (Å²) in [5, 5.41) is 7.36. The Morgan fingerprint density at radius 2 is 2.05 bits per heavy atom. The lowest BCUT2D eigenvalue weighted by atomic mass is 10.2. The minimum absolute atomic E-state index is 0.113. The van der Waals surface area contributed by atoms with Gasteiger partial charge in [-0.1, -0.05) is 29.5 Å². The molecule has 1 N–H and O–H groups in total. The zero-order valence-electron chi connectivity index (χ0n) is 10.5. The molecule has 7 heteroatoms. The van der Waals surface area contributed by atoms with Crippen LogP contribution in [0.4, 0.5) is 5.69 Å². The third-order valence-corrected chi connectivity index (χ3v) is 3.51. The van der Waals surface area contributed by atoms with Gasteiger partial charge in [0.2, 0.25) is 4.96 Å². The number of carbonyl (C=O) groups is 1. The number of carbonyl (C=O) groups excluding carboxylic acids is 1. The van der Waals surface area contributed by atoms with Crippen LogP contribution in [0, 0.1) is 6.92 Å². The molecule has 2 aromatic heterocycles. The highest BCUT2D eigenvalue weighted by molar-refractivity contribution is 7.16. The fourth-order valence-electron chi connectivity index (χ4n) is 1.75. The van der Waals surface area contributed by atoms with E-state index in [1.165, 1.54) is 22.0 Å². The van der Waals surface area contributed by atoms with Crippen LogP contribution in [0.5, 0.6) is 0 Å². The summed E-state index contributed by atoms with van der Waals surface area (Å²) in [5.74, 6) is -0.351. The van der Waals surface area contributed by atoms with Crippen LogP contribution in [0.3, 0.4) is 0 Å². The van der Waals surface area contributed by atoms with Gasteiger partial charge < -0.3 is 5.32 Å². The lowest BCUT2D eigenvalue weighted by Gasteiger charge is -2.03. The van der Waals surface area contributed by atoms with Crippen LogP contribution in [0.15, 0.2) is 41.3 Å². The molecule has 0 bridgehead atoms. The molecule has 3 rings (SSSR count). The first-order valence-electron chi connectivity index (χ1n) is 5.87. The molecule has 0 radical (unpaired) electrons. The average molecular weight is 286 g/mol. The molecule has 1 aromatic carbocycles. The Labute approximate surface area is 117 Å². The summed E-state index contributed by atoms with van der Waals surface area (Å²) in [6, 6.07) is 8.68. The third-order valence-electron chi connectivity index (χ3n) is 2.67. The van der Waals surface area contributed by atoms with Gasteiger partial charge in [-0.15, -0.1) is 0 Å². The maximum Gasteiger partial charge on any atom is 0.298 e. The van der Waals surface area contributed by atoms with E-state index in [4.69, 9.17) is 0 Å². The number of fused-ring (bicyclic) bond motifs is 1. The summed E-state index contributed by atoms with van der Waals surface area (Å²) in [6.45, 7) is 1.79. The highest BCUT2D eigenvalue weighted by Crippen LogP contribution is 2.11. The first-order chi connectivity index (χ1) is 9.65. The van der Waals surface area contributed by atoms with Crippen molar-refractivity contribution < 1.29 is 4.79 Å². The number of hydrogen-bond donors (Lipinski definition) is 1. The molecule has 0 aliphatic carbocycles. The largest absolute Gasteiger partial charge is 0.316 e. The Kier molecular flexibility index (Phi) is 3.03. The number of hydrogen-bond acceptors (Lipinski definition) is 5. The second-order valence-electron chi connectivity index (χ2n) is 4.11. The van der Waals surface area contributed by atoms with Crippen LogP contribution in [0.1, 0.15) is 15.4 Å². The van der Waals surface area contributed by atoms with E-state index in [1.54, 1.807) is 31.2 Å². The standard InChI is InChI=1S/C13H10N4O2S/c1-8-16-17-12(19)10(7-14-13(17)20-8)15-11(18)9-5-3-2-4-6-9/h2-7H,1H3,(H,15,18). The van der Waals surface area contributed by atoms with Gasteiger partial charge in [0.15, 0.2) is 0 Å². The average Bonchev–Trinajstić information content (AvgIpc) is 2.84. The van der Waals surface area contributed by atoms with Crippen LogP contribution in [0.25, 0.3) is 4.96 Å². The van der Waals surface area contributed by atoms with Crippen LogP contribution < -0.4 is 10.9 Å². The summed E-state index contributed by atoms with van der Waals surface area (Å²) in [7, 11) is 0. The molecule has 0 fully saturated rings. The molecule has 0 spiro atoms. The van der Waals surface area contributed by atoms with E-state index in [0.717, 1.165) is 5.01 Å². The van der Waals surface area contributed by atoms with Crippen molar-refractivity contribution in [1.29, 1.82) is 0 Å². The van der Waals surface area contributed by atoms with Gasteiger partial charge in [-0.05, 0) is 19.1 Å². The van der Waals surface area contributed by atoms with Crippen molar-refractivity contribution in [2.45, 2.75) is 6.92 Å². The second kappa shape index (κ2) is 4.86. The normalized spacial score (nSPS) is 10.7. The van der Waals surface area contributed by atoms with E-state index < -0.39 is 0 Å². The van der Waals surface area contributed by atoms with E-state index in [9.17, 15) is 9.59 Å². The smallest absolute Gasteiger partial charge is 0.298 e. The van der Waals surface area contributed by atoms with Crippen molar-refractivity contribution in [3.8, 4) is 0 Å². The van der Waals surface area contributed by atoms with Gasteiger partial charge in [0, 0.05) is 5.56 Å². The number of aryl methyl sites for hydroxylation is 1. The van der Waals surface area contributed by atoms with E-state index >= 15 is 0 Å². The summed E-state index contributed by atoms with van der Waals surface area (Å²) in [6.07, 6.45) is 1.36. The fraction of sp³-hybridized carbons (Fsp3) is 0.0769. The van der Waals surface area contributed by atoms with Gasteiger partial charge in [-0.3, -0.25) is 9.59 Å². The maximum atomic E-state index is 12.2. The van der Waals surface area contributed by atoms with Crippen molar-refractivity contribution in [1.82, 2.24) is 14.6 Å². The monoisotopic (exact) mass is 286 g/mol. The van der Waals surface area contributed by atoms with E-state index in [-0.39, 0.29) is 17.2 Å². The summed E-state index contributed by atoms with van der Waals surface area (Å²) in [4.78, 5) is 28.8. The van der Waals surface area contributed by atoms with Gasteiger partial charge in [0.1, 0.15) is 10.7 Å². The predicted molar refractivity (Wildman–Crippen MR) is 76.3 cm³/mol. The molecule has 100 valence electrons. The Morgan fingerprint density at radius 1 is 1.30 bits per heavy atom. The number of anilines is 1. The molecule has 0 aliphatic rings. The first kappa shape index (κ1) is 12.5. The van der Waals surface area contributed by atoms with Crippen molar-refractivity contribution >= 4 is 27.9 Å². The van der Waals surface area contributed by atoms with Gasteiger partial charge in [-0.2, -0.15) is 9.61 Å². The van der Waals surface area contributed by atoms with Crippen LogP contribution >= 0.6 is 11.3 Å². The molecule has 0 saturated heterocycles. The van der Waals surface area contributed by atoms with Crippen molar-refractivity contribution in [3.05, 3.63) is 57.5 Å². The highest BCUT2D eigenvalue weighted by atomic mass is 32.1. The van der Waals surface area contributed by atoms with Gasteiger partial charge in [0.25, 0.3) is 11.5 Å². The molecule has 0 unspecified atom stereocenters. The molecular formula is C13H10N4O2S. The number of benzene rings is 1. The van der Waals surface area contributed by atoms with E-state index in [1.807, 2.05) is 6.07 Å². The molecular weight excluding hydrogens is 276 g/mol. The summed E-state index contributed by atoms with van der Waals surface area (Å²) in [5.41, 5.74) is 0.205. The zero-order chi connectivity index (χ0) is 14.1. The van der Waals surface area contributed by atoms with Gasteiger partial charge in [-0.25, -0.2) is 4.98 Å². The maximum absolute atomic E-state index is 12.2. The van der Waals surface area contributed by atoms with Crippen LogP contribution in [-0.2, 0) is 0 Å². The molecule has 0 atom stereocenters. The number of nitrogens with one attached hydrogen (secondary N) is 1. The fourth-order valence-corrected chi connectivity index (χ4v) is 2.45. The SMILES string of the molecule is Cc1nn2c(=O)c(NC(=O)c3ccccc3)cnc2s1. The summed E-state index contributed by atoms with van der Waals surface area (Å²) < 4.78 is 1.20. The number of amides is 1. The van der Waals surface area contributed by atoms with E-state index in [2.05, 4.69) is 15.4 Å². The molecule has 20 heavy (non-hydrogen) atoms. The van der Waals surface area contributed by atoms with Crippen molar-refractivity contribution in [2.75, 3.05) is 5.32 Å². The molecule has 6 nitrogen and oxygen atoms in total. The molecule has 0 saturated carbocycles. The number of rotatable bonds is 2. The summed E-state index contributed by atoms with van der Waals surface area (Å²) >= 11 is 1.32. The van der Waals surface area contributed by atoms with Crippen LogP contribution in [-0.4, -0.2) is 20.5 Å². The second-order valence-corrected chi connectivity index (χ2v) is 5.27. The zero-order valence-corrected chi connectivity index (χ0v) is 11.3. The molecule has 2 heterocycles. The lowest BCUT2D eigenvalue weighted by molar-refractivity contribution is 0.102.